The van der Waals surface area contributed by atoms with Crippen LogP contribution >= 0.6 is 0 Å². The lowest BCUT2D eigenvalue weighted by Crippen LogP contribution is -2.42. The molecule has 1 amide bonds. The predicted octanol–water partition coefficient (Wildman–Crippen LogP) is 2.63. The van der Waals surface area contributed by atoms with E-state index in [1.807, 2.05) is 0 Å². The average Bonchev–Trinajstić information content (AvgIpc) is 3.13. The van der Waals surface area contributed by atoms with Gasteiger partial charge in [0.05, 0.1) is 28.7 Å². The Labute approximate surface area is 192 Å². The molecule has 0 radical (unpaired) electrons. The summed E-state index contributed by atoms with van der Waals surface area (Å²) in [7, 11) is 3.17. The Kier molecular flexibility index (Phi) is 6.72. The quantitative estimate of drug-likeness (QED) is 0.691. The molecule has 9 heteroatoms. The van der Waals surface area contributed by atoms with E-state index in [2.05, 4.69) is 22.1 Å². The number of carbonyl (C=O) groups excluding carboxylic acids is 2. The van der Waals surface area contributed by atoms with Gasteiger partial charge in [0.25, 0.3) is 5.91 Å². The molecule has 1 aliphatic carbocycles. The number of aromatic nitrogens is 2. The maximum Gasteiger partial charge on any atom is 0.326 e. The number of Topliss-reactive ketones (excluding diaryl/α,β-unsaturated/α-hetero) is 1. The Bertz CT molecular complexity index is 1090. The lowest BCUT2D eigenvalue weighted by molar-refractivity contribution is -0.127. The molecule has 1 aromatic heterocycles. The highest BCUT2D eigenvalue weighted by Gasteiger charge is 2.34. The van der Waals surface area contributed by atoms with Crippen LogP contribution in [0.2, 0.25) is 0 Å². The van der Waals surface area contributed by atoms with E-state index in [0.29, 0.717) is 49.3 Å². The molecule has 1 saturated carbocycles. The number of amides is 1. The van der Waals surface area contributed by atoms with E-state index in [4.69, 9.17) is 4.74 Å². The molecular weight excluding hydrogens is 427 g/mol. The summed E-state index contributed by atoms with van der Waals surface area (Å²) in [4.78, 5) is 42.3. The Hall–Kier alpha value is -2.52. The topological polar surface area (TPSA) is 96.4 Å². The monoisotopic (exact) mass is 460 g/mol. The van der Waals surface area contributed by atoms with E-state index in [1.54, 1.807) is 11.7 Å². The molecule has 2 aromatic rings. The van der Waals surface area contributed by atoms with Crippen LogP contribution in [0.5, 0.6) is 0 Å². The number of fused-ring (bicyclic) bond motifs is 1. The molecule has 2 aliphatic rings. The first-order chi connectivity index (χ1) is 15.7. The number of hydrogen-bond acceptors (Lipinski definition) is 5. The van der Waals surface area contributed by atoms with Crippen molar-refractivity contribution in [3.63, 3.8) is 0 Å². The number of likely N-dealkylation sites (tertiary alicyclic amines) is 1. The van der Waals surface area contributed by atoms with E-state index in [9.17, 15) is 18.8 Å². The van der Waals surface area contributed by atoms with E-state index < -0.39 is 11.7 Å². The average molecular weight is 461 g/mol. The summed E-state index contributed by atoms with van der Waals surface area (Å²) in [5.74, 6) is -0.806. The SMILES string of the molecule is CNC(=O)c1cc2[nH]c(=O)n(C3CCN(CC(=O)[C@H]4CC[C@](C)(OC)CC4)CC3)c2cc1F. The number of nitrogens with one attached hydrogen (secondary N) is 2. The third kappa shape index (κ3) is 4.75. The van der Waals surface area contributed by atoms with Crippen LogP contribution in [0.3, 0.4) is 0 Å². The number of benzene rings is 1. The minimum atomic E-state index is -0.658. The van der Waals surface area contributed by atoms with Crippen molar-refractivity contribution in [3.05, 3.63) is 34.0 Å². The normalized spacial score (nSPS) is 24.8. The fourth-order valence-corrected chi connectivity index (χ4v) is 5.26. The van der Waals surface area contributed by atoms with Crippen LogP contribution in [-0.4, -0.2) is 65.5 Å². The molecule has 2 fully saturated rings. The van der Waals surface area contributed by atoms with Crippen LogP contribution in [-0.2, 0) is 9.53 Å². The second-order valence-electron chi connectivity index (χ2n) is 9.63. The van der Waals surface area contributed by atoms with Crippen molar-refractivity contribution in [2.45, 2.75) is 57.1 Å². The molecule has 4 rings (SSSR count). The fourth-order valence-electron chi connectivity index (χ4n) is 5.26. The molecule has 180 valence electrons. The number of ether oxygens (including phenoxy) is 1. The maximum atomic E-state index is 14.5. The van der Waals surface area contributed by atoms with Gasteiger partial charge in [-0.1, -0.05) is 0 Å². The summed E-state index contributed by atoms with van der Waals surface area (Å²) in [6.45, 7) is 3.96. The van der Waals surface area contributed by atoms with Crippen LogP contribution in [0.1, 0.15) is 61.8 Å². The van der Waals surface area contributed by atoms with Gasteiger partial charge in [-0.25, -0.2) is 9.18 Å². The number of ketones is 1. The number of piperidine rings is 1. The van der Waals surface area contributed by atoms with Crippen molar-refractivity contribution < 1.29 is 18.7 Å². The van der Waals surface area contributed by atoms with Gasteiger partial charge in [-0.15, -0.1) is 0 Å². The highest BCUT2D eigenvalue weighted by molar-refractivity contribution is 5.97. The molecule has 0 atom stereocenters. The molecule has 0 spiro atoms. The van der Waals surface area contributed by atoms with Crippen LogP contribution in [0.25, 0.3) is 11.0 Å². The van der Waals surface area contributed by atoms with Crippen LogP contribution in [0, 0.1) is 11.7 Å². The van der Waals surface area contributed by atoms with Gasteiger partial charge in [0.15, 0.2) is 0 Å². The minimum absolute atomic E-state index is 0.0834. The number of methoxy groups -OCH3 is 1. The van der Waals surface area contributed by atoms with Crippen molar-refractivity contribution >= 4 is 22.7 Å². The van der Waals surface area contributed by atoms with Gasteiger partial charge in [-0.05, 0) is 51.5 Å². The van der Waals surface area contributed by atoms with Crippen molar-refractivity contribution in [2.24, 2.45) is 5.92 Å². The van der Waals surface area contributed by atoms with Gasteiger partial charge in [0.2, 0.25) is 0 Å². The number of nitrogens with zero attached hydrogens (tertiary/aromatic N) is 2. The molecule has 8 nitrogen and oxygen atoms in total. The Balaban J connectivity index is 1.39. The van der Waals surface area contributed by atoms with Crippen LogP contribution in [0.15, 0.2) is 16.9 Å². The summed E-state index contributed by atoms with van der Waals surface area (Å²) in [6, 6.07) is 2.55. The Morgan fingerprint density at radius 3 is 2.48 bits per heavy atom. The first-order valence-corrected chi connectivity index (χ1v) is 11.7. The van der Waals surface area contributed by atoms with Crippen molar-refractivity contribution in [1.29, 1.82) is 0 Å². The van der Waals surface area contributed by atoms with Crippen molar-refractivity contribution in [1.82, 2.24) is 19.8 Å². The summed E-state index contributed by atoms with van der Waals surface area (Å²) in [6.07, 6.45) is 4.95. The third-order valence-electron chi connectivity index (χ3n) is 7.57. The van der Waals surface area contributed by atoms with E-state index >= 15 is 0 Å². The third-order valence-corrected chi connectivity index (χ3v) is 7.57. The molecule has 1 saturated heterocycles. The lowest BCUT2D eigenvalue weighted by atomic mass is 9.78. The van der Waals surface area contributed by atoms with Crippen LogP contribution in [0.4, 0.5) is 4.39 Å². The van der Waals surface area contributed by atoms with E-state index in [-0.39, 0.29) is 28.8 Å². The first-order valence-electron chi connectivity index (χ1n) is 11.7. The fraction of sp³-hybridized carbons (Fsp3) is 0.625. The zero-order valence-electron chi connectivity index (χ0n) is 19.6. The highest BCUT2D eigenvalue weighted by Crippen LogP contribution is 2.35. The first kappa shape index (κ1) is 23.6. The zero-order chi connectivity index (χ0) is 23.8. The Morgan fingerprint density at radius 2 is 1.88 bits per heavy atom. The molecule has 0 unspecified atom stereocenters. The maximum absolute atomic E-state index is 14.5. The van der Waals surface area contributed by atoms with Gasteiger partial charge in [-0.2, -0.15) is 0 Å². The number of rotatable bonds is 6. The molecule has 33 heavy (non-hydrogen) atoms. The van der Waals surface area contributed by atoms with Gasteiger partial charge >= 0.3 is 5.69 Å². The predicted molar refractivity (Wildman–Crippen MR) is 123 cm³/mol. The number of carbonyl (C=O) groups is 2. The van der Waals surface area contributed by atoms with Crippen molar-refractivity contribution in [3.8, 4) is 0 Å². The number of H-pyrrole nitrogens is 1. The summed E-state index contributed by atoms with van der Waals surface area (Å²) >= 11 is 0. The summed E-state index contributed by atoms with van der Waals surface area (Å²) in [5.41, 5.74) is 0.389. The molecule has 0 bridgehead atoms. The second-order valence-corrected chi connectivity index (χ2v) is 9.63. The standard InChI is InChI=1S/C24H33FN4O4/c1-24(33-3)8-4-15(5-9-24)21(30)14-28-10-6-16(7-11-28)29-20-13-18(25)17(22(31)26-2)12-19(20)27-23(29)32/h12-13,15-16H,4-11,14H2,1-3H3,(H,26,31)(H,27,32)/t15-,24-. The number of hydrogen-bond donors (Lipinski definition) is 2. The molecule has 1 aliphatic heterocycles. The molecular formula is C24H33FN4O4. The van der Waals surface area contributed by atoms with Crippen molar-refractivity contribution in [2.75, 3.05) is 33.8 Å². The number of halogens is 1. The highest BCUT2D eigenvalue weighted by atomic mass is 19.1. The van der Waals surface area contributed by atoms with Gasteiger partial charge in [-0.3, -0.25) is 19.1 Å². The molecule has 2 N–H and O–H groups in total. The van der Waals surface area contributed by atoms with Crippen LogP contribution < -0.4 is 11.0 Å². The summed E-state index contributed by atoms with van der Waals surface area (Å²) in [5, 5.41) is 2.41. The minimum Gasteiger partial charge on any atom is -0.379 e. The summed E-state index contributed by atoms with van der Waals surface area (Å²) < 4.78 is 21.7. The van der Waals surface area contributed by atoms with Gasteiger partial charge in [0.1, 0.15) is 11.6 Å². The van der Waals surface area contributed by atoms with E-state index in [0.717, 1.165) is 25.7 Å². The Morgan fingerprint density at radius 1 is 1.21 bits per heavy atom. The lowest BCUT2D eigenvalue weighted by Gasteiger charge is -2.37. The largest absolute Gasteiger partial charge is 0.379 e. The van der Waals surface area contributed by atoms with E-state index in [1.165, 1.54) is 19.2 Å². The second kappa shape index (κ2) is 9.38. The zero-order valence-corrected chi connectivity index (χ0v) is 19.6. The van der Waals surface area contributed by atoms with Gasteiger partial charge < -0.3 is 15.0 Å². The van der Waals surface area contributed by atoms with Gasteiger partial charge in [0, 0.05) is 45.3 Å². The molecule has 2 heterocycles. The number of imidazole rings is 1. The molecule has 1 aromatic carbocycles. The number of aromatic amines is 1. The smallest absolute Gasteiger partial charge is 0.326 e.